The fourth-order valence-electron chi connectivity index (χ4n) is 1.05. The SMILES string of the molecule is CCCC(N)C(=O)Nc1ncc(C)s1. The van der Waals surface area contributed by atoms with Crippen LogP contribution in [0.25, 0.3) is 0 Å². The van der Waals surface area contributed by atoms with Crippen LogP contribution < -0.4 is 11.1 Å². The molecule has 1 amide bonds. The molecule has 1 unspecified atom stereocenters. The number of anilines is 1. The zero-order chi connectivity index (χ0) is 10.6. The van der Waals surface area contributed by atoms with Crippen molar-refractivity contribution in [1.29, 1.82) is 0 Å². The third-order valence-electron chi connectivity index (χ3n) is 1.79. The van der Waals surface area contributed by atoms with Crippen LogP contribution in [0.15, 0.2) is 6.20 Å². The molecule has 3 N–H and O–H groups in total. The summed E-state index contributed by atoms with van der Waals surface area (Å²) in [5.41, 5.74) is 5.65. The van der Waals surface area contributed by atoms with Crippen molar-refractivity contribution >= 4 is 22.4 Å². The molecule has 0 spiro atoms. The molecule has 4 nitrogen and oxygen atoms in total. The number of amides is 1. The lowest BCUT2D eigenvalue weighted by molar-refractivity contribution is -0.117. The monoisotopic (exact) mass is 213 g/mol. The van der Waals surface area contributed by atoms with Crippen LogP contribution in [0, 0.1) is 6.92 Å². The zero-order valence-electron chi connectivity index (χ0n) is 8.41. The summed E-state index contributed by atoms with van der Waals surface area (Å²) >= 11 is 1.45. The molecule has 0 radical (unpaired) electrons. The van der Waals surface area contributed by atoms with Gasteiger partial charge in [-0.3, -0.25) is 4.79 Å². The molecule has 0 aliphatic carbocycles. The van der Waals surface area contributed by atoms with Crippen LogP contribution in [0.3, 0.4) is 0 Å². The number of carbonyl (C=O) groups excluding carboxylic acids is 1. The lowest BCUT2D eigenvalue weighted by Gasteiger charge is -2.08. The van der Waals surface area contributed by atoms with Gasteiger partial charge in [-0.25, -0.2) is 4.98 Å². The fraction of sp³-hybridized carbons (Fsp3) is 0.556. The van der Waals surface area contributed by atoms with Crippen molar-refractivity contribution in [1.82, 2.24) is 4.98 Å². The third kappa shape index (κ3) is 3.08. The van der Waals surface area contributed by atoms with Crippen molar-refractivity contribution in [2.24, 2.45) is 5.73 Å². The van der Waals surface area contributed by atoms with E-state index in [0.717, 1.165) is 11.3 Å². The van der Waals surface area contributed by atoms with E-state index in [1.165, 1.54) is 11.3 Å². The molecule has 0 aliphatic heterocycles. The average Bonchev–Trinajstić information content (AvgIpc) is 2.51. The third-order valence-corrected chi connectivity index (χ3v) is 2.62. The maximum Gasteiger partial charge on any atom is 0.243 e. The van der Waals surface area contributed by atoms with Crippen LogP contribution in [0.2, 0.25) is 0 Å². The van der Waals surface area contributed by atoms with Gasteiger partial charge in [0, 0.05) is 11.1 Å². The number of nitrogens with two attached hydrogens (primary N) is 1. The summed E-state index contributed by atoms with van der Waals surface area (Å²) in [6.45, 7) is 3.94. The van der Waals surface area contributed by atoms with Gasteiger partial charge in [-0.15, -0.1) is 11.3 Å². The Balaban J connectivity index is 2.48. The van der Waals surface area contributed by atoms with E-state index in [-0.39, 0.29) is 5.91 Å². The summed E-state index contributed by atoms with van der Waals surface area (Å²) < 4.78 is 0. The first kappa shape index (κ1) is 11.1. The van der Waals surface area contributed by atoms with Crippen LogP contribution in [-0.4, -0.2) is 16.9 Å². The highest BCUT2D eigenvalue weighted by atomic mass is 32.1. The van der Waals surface area contributed by atoms with Crippen molar-refractivity contribution in [3.63, 3.8) is 0 Å². The van der Waals surface area contributed by atoms with Crippen LogP contribution in [0.4, 0.5) is 5.13 Å². The molecule has 0 aromatic carbocycles. The number of thiazole rings is 1. The summed E-state index contributed by atoms with van der Waals surface area (Å²) in [6.07, 6.45) is 3.34. The van der Waals surface area contributed by atoms with Gasteiger partial charge in [-0.05, 0) is 13.3 Å². The Kier molecular flexibility index (Phi) is 4.03. The van der Waals surface area contributed by atoms with Crippen molar-refractivity contribution in [3.05, 3.63) is 11.1 Å². The number of aromatic nitrogens is 1. The van der Waals surface area contributed by atoms with E-state index in [0.29, 0.717) is 11.6 Å². The summed E-state index contributed by atoms with van der Waals surface area (Å²) in [5, 5.41) is 3.31. The van der Waals surface area contributed by atoms with Gasteiger partial charge in [0.15, 0.2) is 5.13 Å². The molecular weight excluding hydrogens is 198 g/mol. The van der Waals surface area contributed by atoms with Gasteiger partial charge in [0.05, 0.1) is 6.04 Å². The van der Waals surface area contributed by atoms with Crippen LogP contribution in [0.1, 0.15) is 24.6 Å². The molecule has 1 aromatic rings. The molecule has 1 aromatic heterocycles. The number of hydrogen-bond acceptors (Lipinski definition) is 4. The van der Waals surface area contributed by atoms with Crippen molar-refractivity contribution < 1.29 is 4.79 Å². The lowest BCUT2D eigenvalue weighted by atomic mass is 10.2. The predicted molar refractivity (Wildman–Crippen MR) is 58.4 cm³/mol. The number of hydrogen-bond donors (Lipinski definition) is 2. The van der Waals surface area contributed by atoms with E-state index in [1.807, 2.05) is 13.8 Å². The summed E-state index contributed by atoms with van der Waals surface area (Å²) in [6, 6.07) is -0.427. The molecule has 1 rings (SSSR count). The molecule has 0 fully saturated rings. The fourth-order valence-corrected chi connectivity index (χ4v) is 1.72. The minimum atomic E-state index is -0.427. The molecule has 1 heterocycles. The zero-order valence-corrected chi connectivity index (χ0v) is 9.23. The van der Waals surface area contributed by atoms with Gasteiger partial charge in [0.25, 0.3) is 0 Å². The van der Waals surface area contributed by atoms with Gasteiger partial charge >= 0.3 is 0 Å². The van der Waals surface area contributed by atoms with Gasteiger partial charge in [-0.2, -0.15) is 0 Å². The normalized spacial score (nSPS) is 12.5. The van der Waals surface area contributed by atoms with E-state index in [4.69, 9.17) is 5.73 Å². The highest BCUT2D eigenvalue weighted by Gasteiger charge is 2.13. The Hall–Kier alpha value is -0.940. The number of aryl methyl sites for hydroxylation is 1. The van der Waals surface area contributed by atoms with Crippen LogP contribution in [0.5, 0.6) is 0 Å². The number of nitrogens with one attached hydrogen (secondary N) is 1. The number of carbonyl (C=O) groups is 1. The lowest BCUT2D eigenvalue weighted by Crippen LogP contribution is -2.35. The minimum Gasteiger partial charge on any atom is -0.320 e. The number of nitrogens with zero attached hydrogens (tertiary/aromatic N) is 1. The molecule has 0 aliphatic rings. The number of rotatable bonds is 4. The van der Waals surface area contributed by atoms with Crippen LogP contribution in [-0.2, 0) is 4.79 Å². The second-order valence-electron chi connectivity index (χ2n) is 3.16. The standard InChI is InChI=1S/C9H15N3OS/c1-3-4-7(10)8(13)12-9-11-5-6(2)14-9/h5,7H,3-4,10H2,1-2H3,(H,11,12,13). The Morgan fingerprint density at radius 1 is 1.79 bits per heavy atom. The first-order valence-corrected chi connectivity index (χ1v) is 5.44. The van der Waals surface area contributed by atoms with E-state index >= 15 is 0 Å². The molecular formula is C9H15N3OS. The quantitative estimate of drug-likeness (QED) is 0.796. The van der Waals surface area contributed by atoms with E-state index in [9.17, 15) is 4.79 Å². The van der Waals surface area contributed by atoms with Crippen LogP contribution >= 0.6 is 11.3 Å². The average molecular weight is 213 g/mol. The van der Waals surface area contributed by atoms with Gasteiger partial charge in [0.1, 0.15) is 0 Å². The molecule has 5 heteroatoms. The molecule has 0 saturated carbocycles. The highest BCUT2D eigenvalue weighted by molar-refractivity contribution is 7.15. The topological polar surface area (TPSA) is 68.0 Å². The van der Waals surface area contributed by atoms with Crippen molar-refractivity contribution in [2.75, 3.05) is 5.32 Å². The molecule has 0 bridgehead atoms. The molecule has 1 atom stereocenters. The largest absolute Gasteiger partial charge is 0.320 e. The molecule has 78 valence electrons. The summed E-state index contributed by atoms with van der Waals surface area (Å²) in [4.78, 5) is 16.5. The van der Waals surface area contributed by atoms with E-state index in [1.54, 1.807) is 6.20 Å². The second kappa shape index (κ2) is 5.07. The molecule has 0 saturated heterocycles. The van der Waals surface area contributed by atoms with Gasteiger partial charge < -0.3 is 11.1 Å². The second-order valence-corrected chi connectivity index (χ2v) is 4.40. The molecule has 14 heavy (non-hydrogen) atoms. The first-order valence-electron chi connectivity index (χ1n) is 4.62. The minimum absolute atomic E-state index is 0.152. The Bertz CT molecular complexity index is 311. The predicted octanol–water partition coefficient (Wildman–Crippen LogP) is 1.52. The Morgan fingerprint density at radius 2 is 2.50 bits per heavy atom. The smallest absolute Gasteiger partial charge is 0.243 e. The Morgan fingerprint density at radius 3 is 3.00 bits per heavy atom. The first-order chi connectivity index (χ1) is 6.63. The highest BCUT2D eigenvalue weighted by Crippen LogP contribution is 2.16. The van der Waals surface area contributed by atoms with Crippen molar-refractivity contribution in [2.45, 2.75) is 32.7 Å². The van der Waals surface area contributed by atoms with Crippen molar-refractivity contribution in [3.8, 4) is 0 Å². The van der Waals surface area contributed by atoms with E-state index in [2.05, 4.69) is 10.3 Å². The maximum absolute atomic E-state index is 11.4. The van der Waals surface area contributed by atoms with Gasteiger partial charge in [0.2, 0.25) is 5.91 Å². The Labute approximate surface area is 87.5 Å². The van der Waals surface area contributed by atoms with E-state index < -0.39 is 6.04 Å². The summed E-state index contributed by atoms with van der Waals surface area (Å²) in [7, 11) is 0. The van der Waals surface area contributed by atoms with Gasteiger partial charge in [-0.1, -0.05) is 13.3 Å². The summed E-state index contributed by atoms with van der Waals surface area (Å²) in [5.74, 6) is -0.152. The maximum atomic E-state index is 11.4.